The van der Waals surface area contributed by atoms with Crippen LogP contribution in [0.25, 0.3) is 11.1 Å². The van der Waals surface area contributed by atoms with Crippen molar-refractivity contribution in [3.8, 4) is 17.2 Å². The lowest BCUT2D eigenvalue weighted by atomic mass is 10.0. The monoisotopic (exact) mass is 240 g/mol. The summed E-state index contributed by atoms with van der Waals surface area (Å²) in [5, 5.41) is 8.83. The average molecular weight is 240 g/mol. The number of pyridine rings is 1. The van der Waals surface area contributed by atoms with E-state index in [4.69, 9.17) is 5.26 Å². The molecule has 0 spiro atoms. The van der Waals surface area contributed by atoms with Crippen molar-refractivity contribution in [2.45, 2.75) is 19.8 Å². The SMILES string of the molecule is CC(C)c1cc(-c2ccc(F)c(C#N)c2)ccn1. The van der Waals surface area contributed by atoms with Gasteiger partial charge < -0.3 is 0 Å². The normalized spacial score (nSPS) is 10.4. The fourth-order valence-electron chi connectivity index (χ4n) is 1.73. The van der Waals surface area contributed by atoms with E-state index in [2.05, 4.69) is 18.8 Å². The molecule has 2 nitrogen and oxygen atoms in total. The zero-order valence-corrected chi connectivity index (χ0v) is 10.3. The Balaban J connectivity index is 2.49. The Hall–Kier alpha value is -2.21. The minimum atomic E-state index is -0.487. The Morgan fingerprint density at radius 3 is 2.56 bits per heavy atom. The quantitative estimate of drug-likeness (QED) is 0.798. The highest BCUT2D eigenvalue weighted by molar-refractivity contribution is 5.65. The van der Waals surface area contributed by atoms with Gasteiger partial charge in [-0.3, -0.25) is 4.98 Å². The van der Waals surface area contributed by atoms with Crippen LogP contribution in [0.1, 0.15) is 31.0 Å². The van der Waals surface area contributed by atoms with Crippen LogP contribution >= 0.6 is 0 Å². The van der Waals surface area contributed by atoms with Crippen molar-refractivity contribution < 1.29 is 4.39 Å². The summed E-state index contributed by atoms with van der Waals surface area (Å²) >= 11 is 0. The number of hydrogen-bond acceptors (Lipinski definition) is 2. The van der Waals surface area contributed by atoms with Crippen molar-refractivity contribution in [1.29, 1.82) is 5.26 Å². The summed E-state index contributed by atoms with van der Waals surface area (Å²) in [6.45, 7) is 4.13. The Morgan fingerprint density at radius 2 is 1.89 bits per heavy atom. The highest BCUT2D eigenvalue weighted by atomic mass is 19.1. The predicted molar refractivity (Wildman–Crippen MR) is 68.4 cm³/mol. The third kappa shape index (κ3) is 2.38. The molecule has 0 bridgehead atoms. The van der Waals surface area contributed by atoms with Gasteiger partial charge in [0.2, 0.25) is 0 Å². The maximum atomic E-state index is 13.3. The summed E-state index contributed by atoms with van der Waals surface area (Å²) in [6, 6.07) is 10.2. The smallest absolute Gasteiger partial charge is 0.140 e. The van der Waals surface area contributed by atoms with Gasteiger partial charge in [-0.25, -0.2) is 4.39 Å². The van der Waals surface area contributed by atoms with Gasteiger partial charge in [0.25, 0.3) is 0 Å². The topological polar surface area (TPSA) is 36.7 Å². The van der Waals surface area contributed by atoms with Crippen LogP contribution in [-0.4, -0.2) is 4.98 Å². The molecule has 0 radical (unpaired) electrons. The Kier molecular flexibility index (Phi) is 3.38. The molecule has 90 valence electrons. The minimum Gasteiger partial charge on any atom is -0.261 e. The van der Waals surface area contributed by atoms with Gasteiger partial charge in [-0.05, 0) is 41.3 Å². The van der Waals surface area contributed by atoms with Crippen molar-refractivity contribution in [3.05, 3.63) is 53.6 Å². The third-order valence-electron chi connectivity index (χ3n) is 2.79. The van der Waals surface area contributed by atoms with Crippen LogP contribution in [0.2, 0.25) is 0 Å². The van der Waals surface area contributed by atoms with Gasteiger partial charge in [-0.15, -0.1) is 0 Å². The van der Waals surface area contributed by atoms with Gasteiger partial charge in [-0.2, -0.15) is 5.26 Å². The Morgan fingerprint density at radius 1 is 1.17 bits per heavy atom. The molecule has 0 unspecified atom stereocenters. The molecule has 0 saturated carbocycles. The standard InChI is InChI=1S/C15H13FN2/c1-10(2)15-8-12(5-6-18-15)11-3-4-14(16)13(7-11)9-17/h3-8,10H,1-2H3. The third-order valence-corrected chi connectivity index (χ3v) is 2.79. The lowest BCUT2D eigenvalue weighted by molar-refractivity contribution is 0.624. The van der Waals surface area contributed by atoms with Crippen LogP contribution in [0.5, 0.6) is 0 Å². The second kappa shape index (κ2) is 4.97. The Bertz CT molecular complexity index is 612. The molecule has 3 heteroatoms. The largest absolute Gasteiger partial charge is 0.261 e. The number of rotatable bonds is 2. The molecule has 1 aromatic heterocycles. The second-order valence-electron chi connectivity index (χ2n) is 4.43. The van der Waals surface area contributed by atoms with Gasteiger partial charge in [0.15, 0.2) is 0 Å². The van der Waals surface area contributed by atoms with E-state index in [1.807, 2.05) is 18.2 Å². The average Bonchev–Trinajstić information content (AvgIpc) is 2.39. The molecule has 18 heavy (non-hydrogen) atoms. The summed E-state index contributed by atoms with van der Waals surface area (Å²) in [6.07, 6.45) is 1.74. The van der Waals surface area contributed by atoms with E-state index in [1.165, 1.54) is 6.07 Å². The number of hydrogen-bond donors (Lipinski definition) is 0. The van der Waals surface area contributed by atoms with Gasteiger partial charge >= 0.3 is 0 Å². The van der Waals surface area contributed by atoms with E-state index in [1.54, 1.807) is 18.3 Å². The lowest BCUT2D eigenvalue weighted by Crippen LogP contribution is -1.93. The molecular formula is C15H13FN2. The highest BCUT2D eigenvalue weighted by Crippen LogP contribution is 2.24. The maximum Gasteiger partial charge on any atom is 0.140 e. The van der Waals surface area contributed by atoms with Crippen LogP contribution in [0.3, 0.4) is 0 Å². The van der Waals surface area contributed by atoms with Crippen LogP contribution in [-0.2, 0) is 0 Å². The molecule has 0 amide bonds. The summed E-state index contributed by atoms with van der Waals surface area (Å²) in [5.41, 5.74) is 2.83. The number of halogens is 1. The first-order valence-corrected chi connectivity index (χ1v) is 5.78. The first-order chi connectivity index (χ1) is 8.61. The number of nitrogens with zero attached hydrogens (tertiary/aromatic N) is 2. The predicted octanol–water partition coefficient (Wildman–Crippen LogP) is 3.88. The number of benzene rings is 1. The summed E-state index contributed by atoms with van der Waals surface area (Å²) in [4.78, 5) is 4.29. The maximum absolute atomic E-state index is 13.3. The molecular weight excluding hydrogens is 227 g/mol. The van der Waals surface area contributed by atoms with Crippen LogP contribution in [0.15, 0.2) is 36.5 Å². The first-order valence-electron chi connectivity index (χ1n) is 5.78. The lowest BCUT2D eigenvalue weighted by Gasteiger charge is -2.07. The van der Waals surface area contributed by atoms with E-state index in [0.717, 1.165) is 16.8 Å². The molecule has 0 aliphatic heterocycles. The number of nitriles is 1. The van der Waals surface area contributed by atoms with E-state index >= 15 is 0 Å². The van der Waals surface area contributed by atoms with Crippen molar-refractivity contribution in [1.82, 2.24) is 4.98 Å². The van der Waals surface area contributed by atoms with E-state index in [-0.39, 0.29) is 5.56 Å². The number of aromatic nitrogens is 1. The molecule has 0 aliphatic rings. The zero-order chi connectivity index (χ0) is 13.1. The molecule has 2 aromatic rings. The van der Waals surface area contributed by atoms with E-state index in [0.29, 0.717) is 5.92 Å². The van der Waals surface area contributed by atoms with Crippen molar-refractivity contribution in [3.63, 3.8) is 0 Å². The zero-order valence-electron chi connectivity index (χ0n) is 10.3. The van der Waals surface area contributed by atoms with Crippen molar-refractivity contribution in [2.75, 3.05) is 0 Å². The molecule has 0 saturated heterocycles. The van der Waals surface area contributed by atoms with Crippen LogP contribution < -0.4 is 0 Å². The second-order valence-corrected chi connectivity index (χ2v) is 4.43. The van der Waals surface area contributed by atoms with Gasteiger partial charge in [0, 0.05) is 11.9 Å². The minimum absolute atomic E-state index is 0.0652. The fraction of sp³-hybridized carbons (Fsp3) is 0.200. The molecule has 0 fully saturated rings. The molecule has 2 rings (SSSR count). The Labute approximate surface area is 106 Å². The van der Waals surface area contributed by atoms with Crippen molar-refractivity contribution in [2.24, 2.45) is 0 Å². The van der Waals surface area contributed by atoms with Gasteiger partial charge in [0.1, 0.15) is 11.9 Å². The molecule has 1 aromatic carbocycles. The highest BCUT2D eigenvalue weighted by Gasteiger charge is 2.07. The van der Waals surface area contributed by atoms with E-state index < -0.39 is 5.82 Å². The first kappa shape index (κ1) is 12.3. The molecule has 1 heterocycles. The summed E-state index contributed by atoms with van der Waals surface area (Å²) < 4.78 is 13.3. The molecule has 0 atom stereocenters. The summed E-state index contributed by atoms with van der Waals surface area (Å²) in [5.74, 6) is -0.153. The van der Waals surface area contributed by atoms with E-state index in [9.17, 15) is 4.39 Å². The van der Waals surface area contributed by atoms with Crippen LogP contribution in [0, 0.1) is 17.1 Å². The van der Waals surface area contributed by atoms with Crippen molar-refractivity contribution >= 4 is 0 Å². The van der Waals surface area contributed by atoms with Gasteiger partial charge in [0.05, 0.1) is 5.56 Å². The fourth-order valence-corrected chi connectivity index (χ4v) is 1.73. The van der Waals surface area contributed by atoms with Gasteiger partial charge in [-0.1, -0.05) is 19.9 Å². The molecule has 0 aliphatic carbocycles. The van der Waals surface area contributed by atoms with Crippen LogP contribution in [0.4, 0.5) is 4.39 Å². The summed E-state index contributed by atoms with van der Waals surface area (Å²) in [7, 11) is 0. The molecule has 0 N–H and O–H groups in total.